The fourth-order valence-electron chi connectivity index (χ4n) is 2.25. The van der Waals surface area contributed by atoms with E-state index in [1.165, 1.54) is 0 Å². The van der Waals surface area contributed by atoms with Crippen molar-refractivity contribution in [2.75, 3.05) is 11.4 Å². The maximum absolute atomic E-state index is 12.7. The number of carbonyl (C=O) groups is 1. The van der Waals surface area contributed by atoms with Crippen LogP contribution in [0.2, 0.25) is 0 Å². The summed E-state index contributed by atoms with van der Waals surface area (Å²) in [5.41, 5.74) is 0.787. The van der Waals surface area contributed by atoms with Crippen LogP contribution in [-0.2, 0) is 0 Å². The van der Waals surface area contributed by atoms with Gasteiger partial charge in [0.15, 0.2) is 0 Å². The lowest BCUT2D eigenvalue weighted by Crippen LogP contribution is -2.37. The second-order valence-corrected chi connectivity index (χ2v) is 5.06. The fourth-order valence-corrected chi connectivity index (χ4v) is 2.25. The first-order valence-corrected chi connectivity index (χ1v) is 6.24. The third kappa shape index (κ3) is 3.20. The monoisotopic (exact) mass is 288 g/mol. The minimum atomic E-state index is -4.39. The number of rotatable bonds is 4. The predicted molar refractivity (Wildman–Crippen MR) is 67.1 cm³/mol. The zero-order chi connectivity index (χ0) is 15.1. The number of aryl methyl sites for hydroxylation is 2. The molecule has 0 spiro atoms. The van der Waals surface area contributed by atoms with Crippen molar-refractivity contribution in [3.8, 4) is 0 Å². The molecule has 0 bridgehead atoms. The molecule has 1 fully saturated rings. The third-order valence-corrected chi connectivity index (χ3v) is 3.15. The number of aromatic carboxylic acids is 1. The van der Waals surface area contributed by atoms with Gasteiger partial charge in [0, 0.05) is 11.7 Å². The van der Waals surface area contributed by atoms with Gasteiger partial charge in [-0.25, -0.2) is 9.78 Å². The van der Waals surface area contributed by atoms with Crippen molar-refractivity contribution < 1.29 is 23.1 Å². The van der Waals surface area contributed by atoms with Gasteiger partial charge in [-0.1, -0.05) is 0 Å². The number of nitrogens with zero attached hydrogens (tertiary/aromatic N) is 2. The normalized spacial score (nSPS) is 15.2. The van der Waals surface area contributed by atoms with Crippen molar-refractivity contribution in [1.29, 1.82) is 0 Å². The molecule has 1 N–H and O–H groups in total. The van der Waals surface area contributed by atoms with Gasteiger partial charge in [0.25, 0.3) is 0 Å². The van der Waals surface area contributed by atoms with Crippen molar-refractivity contribution in [2.24, 2.45) is 0 Å². The van der Waals surface area contributed by atoms with Crippen molar-refractivity contribution >= 4 is 11.8 Å². The van der Waals surface area contributed by atoms with Crippen LogP contribution in [0.15, 0.2) is 6.07 Å². The zero-order valence-electron chi connectivity index (χ0n) is 11.2. The van der Waals surface area contributed by atoms with Gasteiger partial charge in [-0.05, 0) is 38.3 Å². The number of halogens is 3. The molecule has 0 aromatic carbocycles. The topological polar surface area (TPSA) is 53.4 Å². The Labute approximate surface area is 114 Å². The van der Waals surface area contributed by atoms with Gasteiger partial charge >= 0.3 is 12.1 Å². The molecule has 0 saturated heterocycles. The summed E-state index contributed by atoms with van der Waals surface area (Å²) in [5, 5.41) is 9.24. The summed E-state index contributed by atoms with van der Waals surface area (Å²) in [7, 11) is 0. The quantitative estimate of drug-likeness (QED) is 0.925. The Balaban J connectivity index is 2.49. The van der Waals surface area contributed by atoms with Crippen LogP contribution in [0.4, 0.5) is 19.0 Å². The Morgan fingerprint density at radius 1 is 1.45 bits per heavy atom. The molecule has 1 heterocycles. The maximum Gasteiger partial charge on any atom is 0.405 e. The lowest BCUT2D eigenvalue weighted by atomic mass is 10.1. The lowest BCUT2D eigenvalue weighted by Gasteiger charge is -2.27. The molecule has 20 heavy (non-hydrogen) atoms. The van der Waals surface area contributed by atoms with E-state index in [0.29, 0.717) is 24.1 Å². The first-order chi connectivity index (χ1) is 9.19. The number of hydrogen-bond donors (Lipinski definition) is 1. The van der Waals surface area contributed by atoms with E-state index in [9.17, 15) is 23.1 Å². The average molecular weight is 288 g/mol. The summed E-state index contributed by atoms with van der Waals surface area (Å²) in [5.74, 6) is -1.33. The number of hydrogen-bond acceptors (Lipinski definition) is 3. The Hall–Kier alpha value is -1.79. The molecule has 1 saturated carbocycles. The Kier molecular flexibility index (Phi) is 3.62. The summed E-state index contributed by atoms with van der Waals surface area (Å²) in [6, 6.07) is 1.29. The summed E-state index contributed by atoms with van der Waals surface area (Å²) in [6.45, 7) is 2.04. The molecular formula is C13H15F3N2O2. The molecule has 1 aromatic heterocycles. The van der Waals surface area contributed by atoms with Crippen LogP contribution in [0.25, 0.3) is 0 Å². The molecular weight excluding hydrogens is 273 g/mol. The molecule has 1 aliphatic rings. The second kappa shape index (κ2) is 4.96. The van der Waals surface area contributed by atoms with E-state index in [2.05, 4.69) is 4.98 Å². The summed E-state index contributed by atoms with van der Waals surface area (Å²) in [4.78, 5) is 16.4. The van der Waals surface area contributed by atoms with Gasteiger partial charge in [0.05, 0.1) is 0 Å². The van der Waals surface area contributed by atoms with E-state index >= 15 is 0 Å². The molecule has 0 amide bonds. The van der Waals surface area contributed by atoms with Crippen LogP contribution in [0.3, 0.4) is 0 Å². The van der Waals surface area contributed by atoms with Crippen LogP contribution in [0.5, 0.6) is 0 Å². The number of pyridine rings is 1. The Morgan fingerprint density at radius 3 is 2.50 bits per heavy atom. The fraction of sp³-hybridized carbons (Fsp3) is 0.538. The number of anilines is 1. The van der Waals surface area contributed by atoms with Gasteiger partial charge in [-0.2, -0.15) is 13.2 Å². The summed E-state index contributed by atoms with van der Waals surface area (Å²) in [6.07, 6.45) is -3.13. The third-order valence-electron chi connectivity index (χ3n) is 3.15. The average Bonchev–Trinajstić information content (AvgIpc) is 3.06. The predicted octanol–water partition coefficient (Wildman–Crippen LogP) is 2.93. The zero-order valence-corrected chi connectivity index (χ0v) is 11.2. The number of alkyl halides is 3. The van der Waals surface area contributed by atoms with Crippen LogP contribution in [0.1, 0.15) is 34.5 Å². The molecule has 1 aromatic rings. The van der Waals surface area contributed by atoms with E-state index in [-0.39, 0.29) is 17.4 Å². The first-order valence-electron chi connectivity index (χ1n) is 6.24. The smallest absolute Gasteiger partial charge is 0.405 e. The van der Waals surface area contributed by atoms with Gasteiger partial charge in [-0.3, -0.25) is 0 Å². The number of carboxylic acids is 1. The van der Waals surface area contributed by atoms with Crippen molar-refractivity contribution in [3.05, 3.63) is 22.9 Å². The van der Waals surface area contributed by atoms with E-state index in [0.717, 1.165) is 4.90 Å². The van der Waals surface area contributed by atoms with E-state index in [4.69, 9.17) is 0 Å². The van der Waals surface area contributed by atoms with E-state index < -0.39 is 18.7 Å². The van der Waals surface area contributed by atoms with Crippen LogP contribution in [-0.4, -0.2) is 34.8 Å². The highest BCUT2D eigenvalue weighted by atomic mass is 19.4. The van der Waals surface area contributed by atoms with Gasteiger partial charge in [-0.15, -0.1) is 0 Å². The SMILES string of the molecule is Cc1cc(C)c(C(=O)O)c(N(CC(F)(F)F)C2CC2)n1. The van der Waals surface area contributed by atoms with E-state index in [1.807, 2.05) is 0 Å². The highest BCUT2D eigenvalue weighted by Crippen LogP contribution is 2.36. The summed E-state index contributed by atoms with van der Waals surface area (Å²) >= 11 is 0. The van der Waals surface area contributed by atoms with E-state index in [1.54, 1.807) is 19.9 Å². The first kappa shape index (κ1) is 14.6. The minimum absolute atomic E-state index is 0.0742. The second-order valence-electron chi connectivity index (χ2n) is 5.06. The molecule has 0 atom stereocenters. The van der Waals surface area contributed by atoms with Crippen LogP contribution >= 0.6 is 0 Å². The van der Waals surface area contributed by atoms with Crippen molar-refractivity contribution in [1.82, 2.24) is 4.98 Å². The van der Waals surface area contributed by atoms with Crippen molar-refractivity contribution in [2.45, 2.75) is 38.9 Å². The maximum atomic E-state index is 12.7. The molecule has 110 valence electrons. The molecule has 7 heteroatoms. The number of carboxylic acid groups (broad SMARTS) is 1. The Morgan fingerprint density at radius 2 is 2.05 bits per heavy atom. The standard InChI is InChI=1S/C13H15F3N2O2/c1-7-5-8(2)17-11(10(7)12(19)20)18(9-3-4-9)6-13(14,15)16/h5,9H,3-4,6H2,1-2H3,(H,19,20). The molecule has 1 aliphatic carbocycles. The lowest BCUT2D eigenvalue weighted by molar-refractivity contribution is -0.120. The van der Waals surface area contributed by atoms with Crippen molar-refractivity contribution in [3.63, 3.8) is 0 Å². The van der Waals surface area contributed by atoms with Gasteiger partial charge < -0.3 is 10.0 Å². The largest absolute Gasteiger partial charge is 0.478 e. The van der Waals surface area contributed by atoms with Crippen LogP contribution in [0, 0.1) is 13.8 Å². The van der Waals surface area contributed by atoms with Crippen LogP contribution < -0.4 is 4.90 Å². The molecule has 4 nitrogen and oxygen atoms in total. The summed E-state index contributed by atoms with van der Waals surface area (Å²) < 4.78 is 38.1. The van der Waals surface area contributed by atoms with Gasteiger partial charge in [0.2, 0.25) is 0 Å². The highest BCUT2D eigenvalue weighted by molar-refractivity contribution is 5.95. The van der Waals surface area contributed by atoms with Gasteiger partial charge in [0.1, 0.15) is 17.9 Å². The highest BCUT2D eigenvalue weighted by Gasteiger charge is 2.40. The minimum Gasteiger partial charge on any atom is -0.478 e. The molecule has 0 unspecified atom stereocenters. The Bertz CT molecular complexity index is 539. The number of aromatic nitrogens is 1. The molecule has 0 radical (unpaired) electrons. The molecule has 0 aliphatic heterocycles. The molecule has 2 rings (SSSR count).